The van der Waals surface area contributed by atoms with Gasteiger partial charge in [0.05, 0.1) is 5.57 Å². The number of pyridine rings is 2. The lowest BCUT2D eigenvalue weighted by molar-refractivity contribution is -0.141. The molecule has 10 heteroatoms. The second-order valence-electron chi connectivity index (χ2n) is 7.08. The van der Waals surface area contributed by atoms with Gasteiger partial charge in [0.25, 0.3) is 5.91 Å². The molecular formula is C20H17F3N6O. The Hall–Kier alpha value is -3.56. The van der Waals surface area contributed by atoms with E-state index in [2.05, 4.69) is 20.1 Å². The Bertz CT molecular complexity index is 1130. The van der Waals surface area contributed by atoms with Crippen LogP contribution in [-0.2, 0) is 11.0 Å². The highest BCUT2D eigenvalue weighted by molar-refractivity contribution is 6.22. The number of nitrogens with zero attached hydrogens (tertiary/aromatic N) is 5. The van der Waals surface area contributed by atoms with E-state index in [4.69, 9.17) is 5.73 Å². The molecule has 0 atom stereocenters. The number of alkyl halides is 3. The Labute approximate surface area is 169 Å². The number of aryl methyl sites for hydroxylation is 1. The highest BCUT2D eigenvalue weighted by Gasteiger charge is 2.35. The zero-order valence-electron chi connectivity index (χ0n) is 15.9. The number of nitrogens with two attached hydrogens (primary N) is 1. The standard InChI is InChI=1S/C20H17F3N6O/c1-11-2-3-13(8-25-11)15(18(24)30)9-29-10-26-19(28-29)14-6-16(12-4-5-12)27-17(7-14)20(21,22)23/h2-3,6-10,12H,4-5H2,1H3,(H2,24,30)/b15-9+. The third-order valence-electron chi connectivity index (χ3n) is 4.65. The average molecular weight is 414 g/mol. The van der Waals surface area contributed by atoms with Gasteiger partial charge in [0.15, 0.2) is 5.82 Å². The summed E-state index contributed by atoms with van der Waals surface area (Å²) in [6.07, 6.45) is 1.21. The van der Waals surface area contributed by atoms with E-state index in [-0.39, 0.29) is 22.9 Å². The Kier molecular flexibility index (Phi) is 4.84. The summed E-state index contributed by atoms with van der Waals surface area (Å²) in [5.41, 5.74) is 6.50. The van der Waals surface area contributed by atoms with Crippen molar-refractivity contribution >= 4 is 17.7 Å². The summed E-state index contributed by atoms with van der Waals surface area (Å²) >= 11 is 0. The molecule has 0 unspecified atom stereocenters. The van der Waals surface area contributed by atoms with Crippen molar-refractivity contribution in [3.05, 3.63) is 59.4 Å². The van der Waals surface area contributed by atoms with Crippen molar-refractivity contribution in [2.45, 2.75) is 31.9 Å². The van der Waals surface area contributed by atoms with Crippen LogP contribution in [0.15, 0.2) is 36.8 Å². The number of halogens is 3. The monoisotopic (exact) mass is 414 g/mol. The van der Waals surface area contributed by atoms with Crippen LogP contribution in [0, 0.1) is 6.92 Å². The van der Waals surface area contributed by atoms with Gasteiger partial charge in [-0.05, 0) is 38.0 Å². The lowest BCUT2D eigenvalue weighted by atomic mass is 10.1. The summed E-state index contributed by atoms with van der Waals surface area (Å²) in [5.74, 6) is -0.576. The molecule has 0 spiro atoms. The van der Waals surface area contributed by atoms with Gasteiger partial charge >= 0.3 is 6.18 Å². The van der Waals surface area contributed by atoms with Gasteiger partial charge in [-0.15, -0.1) is 5.10 Å². The molecule has 30 heavy (non-hydrogen) atoms. The maximum Gasteiger partial charge on any atom is 0.433 e. The molecule has 1 fully saturated rings. The molecule has 1 amide bonds. The van der Waals surface area contributed by atoms with E-state index in [0.29, 0.717) is 11.3 Å². The molecule has 1 aliphatic carbocycles. The van der Waals surface area contributed by atoms with Crippen LogP contribution in [-0.4, -0.2) is 30.6 Å². The van der Waals surface area contributed by atoms with E-state index in [9.17, 15) is 18.0 Å². The summed E-state index contributed by atoms with van der Waals surface area (Å²) in [4.78, 5) is 23.9. The molecule has 0 bridgehead atoms. The fraction of sp³-hybridized carbons (Fsp3) is 0.250. The van der Waals surface area contributed by atoms with E-state index in [1.54, 1.807) is 25.1 Å². The quantitative estimate of drug-likeness (QED) is 0.645. The van der Waals surface area contributed by atoms with Gasteiger partial charge in [0, 0.05) is 40.8 Å². The smallest absolute Gasteiger partial charge is 0.366 e. The number of amides is 1. The number of carbonyl (C=O) groups excluding carboxylic acids is 1. The van der Waals surface area contributed by atoms with Crippen molar-refractivity contribution in [1.29, 1.82) is 0 Å². The summed E-state index contributed by atoms with van der Waals surface area (Å²) in [7, 11) is 0. The minimum atomic E-state index is -4.57. The lowest BCUT2D eigenvalue weighted by Gasteiger charge is -2.09. The van der Waals surface area contributed by atoms with Crippen molar-refractivity contribution in [3.8, 4) is 11.4 Å². The van der Waals surface area contributed by atoms with Crippen LogP contribution < -0.4 is 5.73 Å². The minimum Gasteiger partial charge on any atom is -0.366 e. The average Bonchev–Trinajstić information content (AvgIpc) is 3.44. The van der Waals surface area contributed by atoms with Crippen molar-refractivity contribution in [2.75, 3.05) is 0 Å². The first-order valence-electron chi connectivity index (χ1n) is 9.16. The van der Waals surface area contributed by atoms with Crippen LogP contribution in [0.5, 0.6) is 0 Å². The SMILES string of the molecule is Cc1ccc(/C(=C\n2cnc(-c3cc(C4CC4)nc(C(F)(F)F)c3)n2)C(N)=O)cn1. The van der Waals surface area contributed by atoms with Crippen LogP contribution in [0.2, 0.25) is 0 Å². The largest absolute Gasteiger partial charge is 0.433 e. The van der Waals surface area contributed by atoms with Gasteiger partial charge in [-0.2, -0.15) is 13.2 Å². The second-order valence-corrected chi connectivity index (χ2v) is 7.08. The van der Waals surface area contributed by atoms with Crippen LogP contribution in [0.25, 0.3) is 23.2 Å². The molecular weight excluding hydrogens is 397 g/mol. The van der Waals surface area contributed by atoms with Crippen molar-refractivity contribution in [2.24, 2.45) is 5.73 Å². The van der Waals surface area contributed by atoms with Crippen LogP contribution >= 0.6 is 0 Å². The molecule has 0 aromatic carbocycles. The Morgan fingerprint density at radius 3 is 2.60 bits per heavy atom. The van der Waals surface area contributed by atoms with Gasteiger partial charge < -0.3 is 5.73 Å². The number of rotatable bonds is 5. The first kappa shape index (κ1) is 19.7. The molecule has 0 radical (unpaired) electrons. The number of carbonyl (C=O) groups is 1. The van der Waals surface area contributed by atoms with Gasteiger partial charge in [-0.1, -0.05) is 6.07 Å². The third-order valence-corrected chi connectivity index (χ3v) is 4.65. The van der Waals surface area contributed by atoms with E-state index in [0.717, 1.165) is 24.6 Å². The van der Waals surface area contributed by atoms with Crippen LogP contribution in [0.4, 0.5) is 13.2 Å². The van der Waals surface area contributed by atoms with Gasteiger partial charge in [-0.25, -0.2) is 14.6 Å². The molecule has 3 aromatic rings. The second kappa shape index (κ2) is 7.36. The first-order chi connectivity index (χ1) is 14.2. The van der Waals surface area contributed by atoms with Gasteiger partial charge in [0.2, 0.25) is 0 Å². The zero-order chi connectivity index (χ0) is 21.5. The maximum absolute atomic E-state index is 13.3. The van der Waals surface area contributed by atoms with E-state index >= 15 is 0 Å². The molecule has 3 aromatic heterocycles. The third kappa shape index (κ3) is 4.22. The molecule has 3 heterocycles. The van der Waals surface area contributed by atoms with Gasteiger partial charge in [0.1, 0.15) is 12.0 Å². The number of primary amides is 1. The summed E-state index contributed by atoms with van der Waals surface area (Å²) in [6, 6.07) is 5.93. The van der Waals surface area contributed by atoms with Crippen molar-refractivity contribution in [1.82, 2.24) is 24.7 Å². The highest BCUT2D eigenvalue weighted by Crippen LogP contribution is 2.41. The molecule has 7 nitrogen and oxygen atoms in total. The number of hydrogen-bond acceptors (Lipinski definition) is 5. The van der Waals surface area contributed by atoms with Crippen molar-refractivity contribution < 1.29 is 18.0 Å². The molecule has 154 valence electrons. The summed E-state index contributed by atoms with van der Waals surface area (Å²) < 4.78 is 41.0. The Morgan fingerprint density at radius 2 is 2.00 bits per heavy atom. The van der Waals surface area contributed by atoms with Gasteiger partial charge in [-0.3, -0.25) is 9.78 Å². The van der Waals surface area contributed by atoms with Crippen LogP contribution in [0.3, 0.4) is 0 Å². The molecule has 1 aliphatic rings. The maximum atomic E-state index is 13.3. The minimum absolute atomic E-state index is 0.0310. The molecule has 0 saturated heterocycles. The van der Waals surface area contributed by atoms with Crippen molar-refractivity contribution in [3.63, 3.8) is 0 Å². The lowest BCUT2D eigenvalue weighted by Crippen LogP contribution is -2.14. The first-order valence-corrected chi connectivity index (χ1v) is 9.16. The highest BCUT2D eigenvalue weighted by atomic mass is 19.4. The zero-order valence-corrected chi connectivity index (χ0v) is 15.9. The fourth-order valence-electron chi connectivity index (χ4n) is 2.92. The molecule has 4 rings (SSSR count). The predicted molar refractivity (Wildman–Crippen MR) is 103 cm³/mol. The fourth-order valence-corrected chi connectivity index (χ4v) is 2.92. The Balaban J connectivity index is 1.71. The molecule has 2 N–H and O–H groups in total. The van der Waals surface area contributed by atoms with E-state index in [1.165, 1.54) is 23.4 Å². The van der Waals surface area contributed by atoms with Crippen LogP contribution in [0.1, 0.15) is 41.4 Å². The number of hydrogen-bond donors (Lipinski definition) is 1. The molecule has 0 aliphatic heterocycles. The normalized spacial score (nSPS) is 14.7. The predicted octanol–water partition coefficient (Wildman–Crippen LogP) is 3.42. The topological polar surface area (TPSA) is 99.6 Å². The van der Waals surface area contributed by atoms with E-state index in [1.807, 2.05) is 0 Å². The molecule has 1 saturated carbocycles. The summed E-state index contributed by atoms with van der Waals surface area (Å²) in [6.45, 7) is 1.81. The summed E-state index contributed by atoms with van der Waals surface area (Å²) in [5, 5.41) is 4.20. The number of aromatic nitrogens is 5. The Morgan fingerprint density at radius 1 is 1.23 bits per heavy atom. The van der Waals surface area contributed by atoms with E-state index < -0.39 is 17.8 Å².